The third-order valence-corrected chi connectivity index (χ3v) is 14.4. The quantitative estimate of drug-likeness (QED) is 0.177. The molecule has 69 heavy (non-hydrogen) atoms. The first-order valence-corrected chi connectivity index (χ1v) is 23.1. The number of nitrogens with zero attached hydrogens (tertiary/aromatic N) is 6. The molecular weight excluding hydrogens is 845 g/mol. The summed E-state index contributed by atoms with van der Waals surface area (Å²) in [6.07, 6.45) is 0. The summed E-state index contributed by atoms with van der Waals surface area (Å²) in [6, 6.07) is 77.0. The molecule has 0 radical (unpaired) electrons. The summed E-state index contributed by atoms with van der Waals surface area (Å²) in [4.78, 5) is 0. The van der Waals surface area contributed by atoms with Crippen LogP contribution in [-0.2, 0) is 0 Å². The fraction of sp³-hybridized carbons (Fsp3) is 0. The first-order chi connectivity index (χ1) is 34.2. The average molecular weight is 879 g/mol. The van der Waals surface area contributed by atoms with Crippen molar-refractivity contribution in [1.29, 1.82) is 10.5 Å². The van der Waals surface area contributed by atoms with Gasteiger partial charge in [-0.2, -0.15) is 10.5 Å². The molecule has 0 fully saturated rings. The summed E-state index contributed by atoms with van der Waals surface area (Å²) in [5, 5.41) is 35.0. The van der Waals surface area contributed by atoms with Crippen LogP contribution in [-0.4, -0.2) is 18.3 Å². The summed E-state index contributed by atoms with van der Waals surface area (Å²) in [7, 11) is 0. The van der Waals surface area contributed by atoms with Gasteiger partial charge in [-0.3, -0.25) is 0 Å². The van der Waals surface area contributed by atoms with Crippen LogP contribution in [0.15, 0.2) is 211 Å². The summed E-state index contributed by atoms with van der Waals surface area (Å²) in [5.41, 5.74) is 11.9. The maximum Gasteiger partial charge on any atom is 0.160 e. The van der Waals surface area contributed by atoms with Gasteiger partial charge in [-0.1, -0.05) is 152 Å². The van der Waals surface area contributed by atoms with E-state index in [0.717, 1.165) is 104 Å². The highest BCUT2D eigenvalue weighted by atomic mass is 16.3. The Bertz CT molecular complexity index is 4510. The van der Waals surface area contributed by atoms with Gasteiger partial charge < -0.3 is 22.7 Å². The fourth-order valence-electron chi connectivity index (χ4n) is 11.7. The van der Waals surface area contributed by atoms with Gasteiger partial charge in [0.25, 0.3) is 0 Å². The molecule has 15 aromatic rings. The van der Waals surface area contributed by atoms with Crippen molar-refractivity contribution in [2.24, 2.45) is 0 Å². The van der Waals surface area contributed by atoms with Crippen molar-refractivity contribution >= 4 is 109 Å². The lowest BCUT2D eigenvalue weighted by Gasteiger charge is -2.27. The molecule has 7 nitrogen and oxygen atoms in total. The van der Waals surface area contributed by atoms with Crippen LogP contribution in [0.2, 0.25) is 0 Å². The van der Waals surface area contributed by atoms with Crippen LogP contribution in [0.5, 0.6) is 0 Å². The van der Waals surface area contributed by atoms with Crippen LogP contribution in [0.1, 0.15) is 11.1 Å². The van der Waals surface area contributed by atoms with E-state index in [0.29, 0.717) is 39.5 Å². The zero-order valence-electron chi connectivity index (χ0n) is 36.7. The molecule has 0 saturated carbocycles. The van der Waals surface area contributed by atoms with Crippen molar-refractivity contribution in [1.82, 2.24) is 18.3 Å². The predicted octanol–water partition coefficient (Wildman–Crippen LogP) is 15.7. The Labute approximate surface area is 392 Å². The standard InChI is InChI=1S/C62H34N6O/c63-35-47-57(68-55-31-15-7-23-43(55)45-33-34-46-44-24-8-16-32-56(44)69-62(46)60(45)68)48(36-64)59(66-51-27-11-3-19-39(51)40-20-4-12-28-52(40)66)61(67-53-29-13-5-21-41(53)42-22-6-14-30-54(42)67)58(47)65-49-25-9-1-17-37(49)38-18-2-10-26-50(38)65/h1-34H. The Hall–Kier alpha value is -9.82. The number of hydrogen-bond acceptors (Lipinski definition) is 3. The van der Waals surface area contributed by atoms with Crippen LogP contribution >= 0.6 is 0 Å². The Morgan fingerprint density at radius 3 is 0.971 bits per heavy atom. The first-order valence-electron chi connectivity index (χ1n) is 23.1. The number of aromatic nitrogens is 4. The topological polar surface area (TPSA) is 80.4 Å². The van der Waals surface area contributed by atoms with E-state index < -0.39 is 0 Å². The molecule has 5 aromatic heterocycles. The minimum Gasteiger partial charge on any atom is -0.454 e. The van der Waals surface area contributed by atoms with Crippen LogP contribution in [0.25, 0.3) is 132 Å². The van der Waals surface area contributed by atoms with E-state index in [4.69, 9.17) is 4.42 Å². The molecule has 0 aliphatic carbocycles. The molecule has 0 atom stereocenters. The fourth-order valence-corrected chi connectivity index (χ4v) is 11.7. The molecule has 0 N–H and O–H groups in total. The molecule has 10 aromatic carbocycles. The van der Waals surface area contributed by atoms with Crippen molar-refractivity contribution in [3.8, 4) is 34.9 Å². The Balaban J connectivity index is 1.29. The molecule has 0 spiro atoms. The maximum atomic E-state index is 12.4. The van der Waals surface area contributed by atoms with Gasteiger partial charge in [0.05, 0.1) is 66.9 Å². The van der Waals surface area contributed by atoms with Gasteiger partial charge in [-0.05, 0) is 54.6 Å². The van der Waals surface area contributed by atoms with Gasteiger partial charge in [0.1, 0.15) is 28.8 Å². The van der Waals surface area contributed by atoms with Crippen LogP contribution in [0.3, 0.4) is 0 Å². The Kier molecular flexibility index (Phi) is 7.51. The van der Waals surface area contributed by atoms with Gasteiger partial charge in [0.2, 0.25) is 0 Å². The predicted molar refractivity (Wildman–Crippen MR) is 281 cm³/mol. The molecule has 318 valence electrons. The highest BCUT2D eigenvalue weighted by Gasteiger charge is 2.35. The summed E-state index contributed by atoms with van der Waals surface area (Å²) in [5.74, 6) is 0. The normalized spacial score (nSPS) is 12.0. The molecule has 0 unspecified atom stereocenters. The Morgan fingerprint density at radius 2 is 0.580 bits per heavy atom. The third-order valence-electron chi connectivity index (χ3n) is 14.4. The van der Waals surface area contributed by atoms with Gasteiger partial charge in [-0.15, -0.1) is 0 Å². The maximum absolute atomic E-state index is 12.4. The second-order valence-electron chi connectivity index (χ2n) is 17.8. The summed E-state index contributed by atoms with van der Waals surface area (Å²) in [6.45, 7) is 0. The highest BCUT2D eigenvalue weighted by molar-refractivity contribution is 6.22. The minimum absolute atomic E-state index is 0.343. The Morgan fingerprint density at radius 1 is 0.275 bits per heavy atom. The van der Waals surface area contributed by atoms with Crippen LogP contribution in [0, 0.1) is 22.7 Å². The smallest absolute Gasteiger partial charge is 0.160 e. The number of benzene rings is 10. The van der Waals surface area contributed by atoms with E-state index >= 15 is 0 Å². The zero-order chi connectivity index (χ0) is 45.5. The van der Waals surface area contributed by atoms with Gasteiger partial charge in [0, 0.05) is 53.9 Å². The summed E-state index contributed by atoms with van der Waals surface area (Å²) >= 11 is 0. The highest BCUT2D eigenvalue weighted by Crippen LogP contribution is 2.50. The third kappa shape index (κ3) is 4.82. The molecule has 0 amide bonds. The van der Waals surface area contributed by atoms with Crippen molar-refractivity contribution in [2.45, 2.75) is 0 Å². The molecule has 5 heterocycles. The van der Waals surface area contributed by atoms with Crippen molar-refractivity contribution in [3.63, 3.8) is 0 Å². The van der Waals surface area contributed by atoms with Crippen molar-refractivity contribution < 1.29 is 4.42 Å². The van der Waals surface area contributed by atoms with E-state index in [9.17, 15) is 10.5 Å². The molecule has 0 aliphatic heterocycles. The van der Waals surface area contributed by atoms with Gasteiger partial charge in [-0.25, -0.2) is 0 Å². The zero-order valence-corrected chi connectivity index (χ0v) is 36.7. The number of hydrogen-bond donors (Lipinski definition) is 0. The van der Waals surface area contributed by atoms with E-state index in [2.05, 4.69) is 206 Å². The second kappa shape index (κ2) is 13.9. The second-order valence-corrected chi connectivity index (χ2v) is 17.8. The molecule has 0 bridgehead atoms. The number of nitriles is 2. The molecular formula is C62H34N6O. The SMILES string of the molecule is N#Cc1c(-n2c3ccccc3c3ccccc32)c(-n2c3ccccc3c3ccccc32)c(-n2c3ccccc3c3ccccc32)c(C#N)c1-n1c2ccccc2c2ccc3c4ccccc4oc3c21. The number of fused-ring (bicyclic) bond motifs is 16. The van der Waals surface area contributed by atoms with Gasteiger partial charge in [0.15, 0.2) is 5.58 Å². The van der Waals surface area contributed by atoms with Crippen LogP contribution in [0.4, 0.5) is 0 Å². The van der Waals surface area contributed by atoms with E-state index in [1.807, 2.05) is 30.3 Å². The van der Waals surface area contributed by atoms with E-state index in [1.54, 1.807) is 0 Å². The minimum atomic E-state index is 0.343. The lowest BCUT2D eigenvalue weighted by Crippen LogP contribution is -2.17. The van der Waals surface area contributed by atoms with E-state index in [-0.39, 0.29) is 0 Å². The van der Waals surface area contributed by atoms with Crippen LogP contribution < -0.4 is 0 Å². The number of rotatable bonds is 4. The lowest BCUT2D eigenvalue weighted by atomic mass is 9.98. The number of furan rings is 1. The largest absolute Gasteiger partial charge is 0.454 e. The first kappa shape index (κ1) is 37.4. The molecule has 15 rings (SSSR count). The average Bonchev–Trinajstić information content (AvgIpc) is 4.21. The lowest BCUT2D eigenvalue weighted by molar-refractivity contribution is 0.671. The molecule has 0 saturated heterocycles. The number of para-hydroxylation sites is 8. The van der Waals surface area contributed by atoms with Gasteiger partial charge >= 0.3 is 0 Å². The molecule has 7 heteroatoms. The van der Waals surface area contributed by atoms with E-state index in [1.165, 1.54) is 0 Å². The van der Waals surface area contributed by atoms with Crippen molar-refractivity contribution in [2.75, 3.05) is 0 Å². The summed E-state index contributed by atoms with van der Waals surface area (Å²) < 4.78 is 15.9. The monoisotopic (exact) mass is 878 g/mol. The molecule has 0 aliphatic rings. The van der Waals surface area contributed by atoms with Crippen molar-refractivity contribution in [3.05, 3.63) is 217 Å².